The maximum absolute atomic E-state index is 6.00. The molecule has 0 spiro atoms. The third kappa shape index (κ3) is 2.69. The molecule has 1 heterocycles. The number of ether oxygens (including phenoxy) is 1. The molecule has 96 valence electrons. The van der Waals surface area contributed by atoms with Gasteiger partial charge in [0.1, 0.15) is 5.75 Å². The monoisotopic (exact) mass is 281 g/mol. The summed E-state index contributed by atoms with van der Waals surface area (Å²) in [5.74, 6) is 0.912. The Morgan fingerprint density at radius 1 is 1.28 bits per heavy atom. The molecule has 0 aliphatic heterocycles. The van der Waals surface area contributed by atoms with E-state index in [9.17, 15) is 0 Å². The van der Waals surface area contributed by atoms with Crippen molar-refractivity contribution in [1.82, 2.24) is 5.32 Å². The summed E-state index contributed by atoms with van der Waals surface area (Å²) < 4.78 is 6.18. The Labute approximate surface area is 117 Å². The summed E-state index contributed by atoms with van der Waals surface area (Å²) in [6.45, 7) is 2.04. The smallest absolute Gasteiger partial charge is 0.122 e. The molecule has 2 rings (SSSR count). The summed E-state index contributed by atoms with van der Waals surface area (Å²) in [5.41, 5.74) is 2.32. The van der Waals surface area contributed by atoms with Crippen LogP contribution < -0.4 is 10.1 Å². The van der Waals surface area contributed by atoms with Gasteiger partial charge in [-0.3, -0.25) is 0 Å². The number of benzene rings is 1. The van der Waals surface area contributed by atoms with Crippen LogP contribution in [0.4, 0.5) is 0 Å². The second-order valence-corrected chi connectivity index (χ2v) is 5.84. The van der Waals surface area contributed by atoms with Crippen LogP contribution in [0, 0.1) is 6.92 Å². The molecule has 0 saturated carbocycles. The van der Waals surface area contributed by atoms with Crippen molar-refractivity contribution in [3.8, 4) is 5.75 Å². The molecule has 0 aliphatic carbocycles. The third-order valence-electron chi connectivity index (χ3n) is 2.93. The zero-order chi connectivity index (χ0) is 13.1. The first-order valence-corrected chi connectivity index (χ1v) is 6.92. The molecule has 4 heteroatoms. The minimum atomic E-state index is 0.150. The molecule has 1 N–H and O–H groups in total. The summed E-state index contributed by atoms with van der Waals surface area (Å²) in [4.78, 5) is 1.20. The van der Waals surface area contributed by atoms with Gasteiger partial charge >= 0.3 is 0 Å². The molecule has 0 amide bonds. The van der Waals surface area contributed by atoms with Crippen LogP contribution in [-0.2, 0) is 0 Å². The van der Waals surface area contributed by atoms with Gasteiger partial charge in [-0.25, -0.2) is 0 Å². The largest absolute Gasteiger partial charge is 0.496 e. The predicted molar refractivity (Wildman–Crippen MR) is 78.0 cm³/mol. The van der Waals surface area contributed by atoms with Gasteiger partial charge in [-0.05, 0) is 43.3 Å². The van der Waals surface area contributed by atoms with Crippen molar-refractivity contribution in [1.29, 1.82) is 0 Å². The van der Waals surface area contributed by atoms with Crippen molar-refractivity contribution in [2.75, 3.05) is 14.2 Å². The standard InChI is InChI=1S/C14H16ClNOS/c1-9-4-5-10(8-11(9)17-3)14(16-2)12-6-7-13(15)18-12/h4-8,14,16H,1-3H3. The lowest BCUT2D eigenvalue weighted by Gasteiger charge is -2.16. The van der Waals surface area contributed by atoms with Crippen LogP contribution in [0.25, 0.3) is 0 Å². The Balaban J connectivity index is 2.38. The molecule has 0 radical (unpaired) electrons. The van der Waals surface area contributed by atoms with Crippen LogP contribution in [0.2, 0.25) is 4.34 Å². The number of hydrogen-bond donors (Lipinski definition) is 1. The van der Waals surface area contributed by atoms with Gasteiger partial charge in [-0.1, -0.05) is 23.7 Å². The summed E-state index contributed by atoms with van der Waals surface area (Å²) in [6.07, 6.45) is 0. The van der Waals surface area contributed by atoms with E-state index in [0.29, 0.717) is 0 Å². The van der Waals surface area contributed by atoms with Gasteiger partial charge in [0, 0.05) is 4.88 Å². The van der Waals surface area contributed by atoms with E-state index in [-0.39, 0.29) is 6.04 Å². The summed E-state index contributed by atoms with van der Waals surface area (Å²) in [6, 6.07) is 10.4. The summed E-state index contributed by atoms with van der Waals surface area (Å²) in [7, 11) is 3.65. The van der Waals surface area contributed by atoms with Crippen LogP contribution in [-0.4, -0.2) is 14.2 Å². The predicted octanol–water partition coefficient (Wildman–Crippen LogP) is 4.03. The van der Waals surface area contributed by atoms with E-state index in [4.69, 9.17) is 16.3 Å². The van der Waals surface area contributed by atoms with Crippen LogP contribution in [0.1, 0.15) is 22.0 Å². The lowest BCUT2D eigenvalue weighted by atomic mass is 10.0. The normalized spacial score (nSPS) is 12.4. The van der Waals surface area contributed by atoms with Crippen molar-refractivity contribution < 1.29 is 4.74 Å². The number of halogens is 1. The van der Waals surface area contributed by atoms with E-state index in [0.717, 1.165) is 15.6 Å². The lowest BCUT2D eigenvalue weighted by molar-refractivity contribution is 0.410. The summed E-state index contributed by atoms with van der Waals surface area (Å²) in [5, 5.41) is 3.31. The molecule has 1 aromatic heterocycles. The van der Waals surface area contributed by atoms with Crippen molar-refractivity contribution in [2.24, 2.45) is 0 Å². The Morgan fingerprint density at radius 3 is 2.61 bits per heavy atom. The van der Waals surface area contributed by atoms with Crippen molar-refractivity contribution in [2.45, 2.75) is 13.0 Å². The SMILES string of the molecule is CNC(c1ccc(C)c(OC)c1)c1ccc(Cl)s1. The first-order valence-electron chi connectivity index (χ1n) is 5.72. The van der Waals surface area contributed by atoms with Crippen LogP contribution in [0.5, 0.6) is 5.75 Å². The zero-order valence-electron chi connectivity index (χ0n) is 10.7. The van der Waals surface area contributed by atoms with Crippen LogP contribution in [0.3, 0.4) is 0 Å². The lowest BCUT2D eigenvalue weighted by Crippen LogP contribution is -2.16. The molecule has 18 heavy (non-hydrogen) atoms. The van der Waals surface area contributed by atoms with Crippen molar-refractivity contribution >= 4 is 22.9 Å². The minimum absolute atomic E-state index is 0.150. The number of methoxy groups -OCH3 is 1. The fraction of sp³-hybridized carbons (Fsp3) is 0.286. The molecule has 2 aromatic rings. The highest BCUT2D eigenvalue weighted by Crippen LogP contribution is 2.32. The highest BCUT2D eigenvalue weighted by Gasteiger charge is 2.15. The fourth-order valence-electron chi connectivity index (χ4n) is 1.97. The second kappa shape index (κ2) is 5.74. The van der Waals surface area contributed by atoms with E-state index in [1.807, 2.05) is 20.0 Å². The van der Waals surface area contributed by atoms with Crippen LogP contribution in [0.15, 0.2) is 30.3 Å². The Bertz CT molecular complexity index is 538. The average Bonchev–Trinajstić information content (AvgIpc) is 2.79. The van der Waals surface area contributed by atoms with E-state index in [1.165, 1.54) is 10.4 Å². The number of rotatable bonds is 4. The minimum Gasteiger partial charge on any atom is -0.496 e. The maximum Gasteiger partial charge on any atom is 0.122 e. The first kappa shape index (κ1) is 13.4. The van der Waals surface area contributed by atoms with Gasteiger partial charge in [0.15, 0.2) is 0 Å². The quantitative estimate of drug-likeness (QED) is 0.914. The Hall–Kier alpha value is -1.03. The highest BCUT2D eigenvalue weighted by atomic mass is 35.5. The molecular formula is C14H16ClNOS. The first-order chi connectivity index (χ1) is 8.65. The summed E-state index contributed by atoms with van der Waals surface area (Å²) >= 11 is 7.59. The molecule has 2 nitrogen and oxygen atoms in total. The van der Waals surface area contributed by atoms with Gasteiger partial charge in [0.2, 0.25) is 0 Å². The number of nitrogens with one attached hydrogen (secondary N) is 1. The number of thiophene rings is 1. The van der Waals surface area contributed by atoms with E-state index >= 15 is 0 Å². The molecule has 1 aromatic carbocycles. The van der Waals surface area contributed by atoms with Gasteiger partial charge in [0.25, 0.3) is 0 Å². The average molecular weight is 282 g/mol. The third-order valence-corrected chi connectivity index (χ3v) is 4.23. The van der Waals surface area contributed by atoms with Crippen molar-refractivity contribution in [3.05, 3.63) is 50.7 Å². The molecule has 0 saturated heterocycles. The van der Waals surface area contributed by atoms with Crippen LogP contribution >= 0.6 is 22.9 Å². The second-order valence-electron chi connectivity index (χ2n) is 4.09. The van der Waals surface area contributed by atoms with E-state index < -0.39 is 0 Å². The number of hydrogen-bond acceptors (Lipinski definition) is 3. The van der Waals surface area contributed by atoms with Gasteiger partial charge in [-0.15, -0.1) is 11.3 Å². The molecular weight excluding hydrogens is 266 g/mol. The van der Waals surface area contributed by atoms with Gasteiger partial charge < -0.3 is 10.1 Å². The van der Waals surface area contributed by atoms with E-state index in [1.54, 1.807) is 18.4 Å². The Morgan fingerprint density at radius 2 is 2.06 bits per heavy atom. The molecule has 1 unspecified atom stereocenters. The zero-order valence-corrected chi connectivity index (χ0v) is 12.2. The highest BCUT2D eigenvalue weighted by molar-refractivity contribution is 7.16. The van der Waals surface area contributed by atoms with E-state index in [2.05, 4.69) is 29.6 Å². The fourth-order valence-corrected chi connectivity index (χ4v) is 3.17. The molecule has 1 atom stereocenters. The number of aryl methyl sites for hydroxylation is 1. The Kier molecular flexibility index (Phi) is 4.27. The van der Waals surface area contributed by atoms with Gasteiger partial charge in [-0.2, -0.15) is 0 Å². The maximum atomic E-state index is 6.00. The molecule has 0 aliphatic rings. The van der Waals surface area contributed by atoms with Crippen molar-refractivity contribution in [3.63, 3.8) is 0 Å². The molecule has 0 fully saturated rings. The van der Waals surface area contributed by atoms with Gasteiger partial charge in [0.05, 0.1) is 17.5 Å². The topological polar surface area (TPSA) is 21.3 Å². The molecule has 0 bridgehead atoms.